The lowest BCUT2D eigenvalue weighted by molar-refractivity contribution is -0.143. The fourth-order valence-electron chi connectivity index (χ4n) is 2.72. The summed E-state index contributed by atoms with van der Waals surface area (Å²) in [6.07, 6.45) is -2.19. The molecule has 0 atom stereocenters. The van der Waals surface area contributed by atoms with Crippen LogP contribution in [0.4, 0.5) is 18.2 Å². The van der Waals surface area contributed by atoms with Crippen LogP contribution in [0.15, 0.2) is 0 Å². The largest absolute Gasteiger partial charge is 0.434 e. The summed E-state index contributed by atoms with van der Waals surface area (Å²) < 4.78 is 39.3. The number of amides is 1. The van der Waals surface area contributed by atoms with E-state index < -0.39 is 28.5 Å². The van der Waals surface area contributed by atoms with Gasteiger partial charge < -0.3 is 5.32 Å². The fourth-order valence-corrected chi connectivity index (χ4v) is 4.31. The molecule has 1 amide bonds. The predicted molar refractivity (Wildman–Crippen MR) is 82.2 cm³/mol. The summed E-state index contributed by atoms with van der Waals surface area (Å²) >= 11 is 6.96. The van der Waals surface area contributed by atoms with Crippen molar-refractivity contribution in [2.75, 3.05) is 5.32 Å². The molecule has 0 unspecified atom stereocenters. The van der Waals surface area contributed by atoms with E-state index in [0.29, 0.717) is 15.2 Å². The van der Waals surface area contributed by atoms with Crippen molar-refractivity contribution in [3.63, 3.8) is 0 Å². The van der Waals surface area contributed by atoms with Gasteiger partial charge in [-0.2, -0.15) is 23.5 Å². The van der Waals surface area contributed by atoms with E-state index in [1.807, 2.05) is 6.07 Å². The van der Waals surface area contributed by atoms with E-state index in [1.165, 1.54) is 11.3 Å². The Morgan fingerprint density at radius 1 is 1.46 bits per heavy atom. The van der Waals surface area contributed by atoms with E-state index in [4.69, 9.17) is 11.6 Å². The minimum Gasteiger partial charge on any atom is -0.311 e. The number of rotatable bonds is 2. The van der Waals surface area contributed by atoms with Crippen LogP contribution < -0.4 is 5.32 Å². The molecule has 0 saturated carbocycles. The lowest BCUT2D eigenvalue weighted by Crippen LogP contribution is -2.13. The van der Waals surface area contributed by atoms with Gasteiger partial charge in [0.1, 0.15) is 16.1 Å². The van der Waals surface area contributed by atoms with Crippen molar-refractivity contribution in [1.29, 1.82) is 5.26 Å². The van der Waals surface area contributed by atoms with Crippen LogP contribution in [0, 0.1) is 11.3 Å². The van der Waals surface area contributed by atoms with Crippen LogP contribution >= 0.6 is 22.9 Å². The van der Waals surface area contributed by atoms with Gasteiger partial charge in [-0.05, 0) is 24.8 Å². The number of thiophene rings is 1. The number of fused-ring (bicyclic) bond motifs is 1. The van der Waals surface area contributed by atoms with Gasteiger partial charge in [0, 0.05) is 11.9 Å². The number of hydrogen-bond acceptors (Lipinski definition) is 4. The fraction of sp³-hybridized carbons (Fsp3) is 0.357. The number of halogens is 4. The number of hydrogen-bond donors (Lipinski definition) is 1. The average molecular weight is 375 g/mol. The zero-order valence-electron chi connectivity index (χ0n) is 12.3. The molecule has 10 heteroatoms. The highest BCUT2D eigenvalue weighted by atomic mass is 35.5. The zero-order valence-corrected chi connectivity index (χ0v) is 13.9. The SMILES string of the molecule is Cn1nc(C(=O)Nc2sc3c(c2C#N)CCC3)c(Cl)c1C(F)(F)F. The molecule has 0 saturated heterocycles. The van der Waals surface area contributed by atoms with Gasteiger partial charge in [0.05, 0.1) is 5.56 Å². The number of nitrogens with zero attached hydrogens (tertiary/aromatic N) is 3. The number of aromatic nitrogens is 2. The molecule has 5 nitrogen and oxygen atoms in total. The van der Waals surface area contributed by atoms with Crippen molar-refractivity contribution < 1.29 is 18.0 Å². The second-order valence-electron chi connectivity index (χ2n) is 5.26. The van der Waals surface area contributed by atoms with Gasteiger partial charge in [-0.1, -0.05) is 11.6 Å². The third-order valence-corrected chi connectivity index (χ3v) is 5.30. The number of nitriles is 1. The molecule has 2 heterocycles. The van der Waals surface area contributed by atoms with Gasteiger partial charge in [-0.15, -0.1) is 11.3 Å². The molecule has 0 spiro atoms. The smallest absolute Gasteiger partial charge is 0.311 e. The summed E-state index contributed by atoms with van der Waals surface area (Å²) in [6.45, 7) is 0. The molecule has 24 heavy (non-hydrogen) atoms. The molecule has 0 aliphatic heterocycles. The van der Waals surface area contributed by atoms with Crippen LogP contribution in [0.2, 0.25) is 5.02 Å². The maximum Gasteiger partial charge on any atom is 0.434 e. The molecule has 2 aromatic rings. The molecule has 0 fully saturated rings. The van der Waals surface area contributed by atoms with Crippen molar-refractivity contribution in [3.05, 3.63) is 32.4 Å². The first-order valence-corrected chi connectivity index (χ1v) is 8.09. The molecule has 1 aliphatic carbocycles. The van der Waals surface area contributed by atoms with Gasteiger partial charge >= 0.3 is 6.18 Å². The summed E-state index contributed by atoms with van der Waals surface area (Å²) in [5.41, 5.74) is -0.447. The monoisotopic (exact) mass is 374 g/mol. The molecule has 0 radical (unpaired) electrons. The number of carbonyl (C=O) groups is 1. The highest BCUT2D eigenvalue weighted by Crippen LogP contribution is 2.40. The number of carbonyl (C=O) groups excluding carboxylic acids is 1. The Kier molecular flexibility index (Phi) is 4.05. The van der Waals surface area contributed by atoms with Crippen LogP contribution in [0.3, 0.4) is 0 Å². The van der Waals surface area contributed by atoms with Crippen molar-refractivity contribution >= 4 is 33.8 Å². The zero-order chi connectivity index (χ0) is 17.6. The molecular weight excluding hydrogens is 365 g/mol. The highest BCUT2D eigenvalue weighted by molar-refractivity contribution is 7.16. The van der Waals surface area contributed by atoms with E-state index >= 15 is 0 Å². The van der Waals surface area contributed by atoms with Gasteiger partial charge in [0.25, 0.3) is 5.91 Å². The Morgan fingerprint density at radius 3 is 2.75 bits per heavy atom. The second kappa shape index (κ2) is 5.79. The van der Waals surface area contributed by atoms with Crippen molar-refractivity contribution in [2.24, 2.45) is 7.05 Å². The van der Waals surface area contributed by atoms with Gasteiger partial charge in [0.2, 0.25) is 0 Å². The first kappa shape index (κ1) is 16.8. The van der Waals surface area contributed by atoms with Gasteiger partial charge in [-0.3, -0.25) is 9.48 Å². The van der Waals surface area contributed by atoms with Crippen molar-refractivity contribution in [1.82, 2.24) is 9.78 Å². The van der Waals surface area contributed by atoms with Crippen LogP contribution in [-0.4, -0.2) is 15.7 Å². The van der Waals surface area contributed by atoms with E-state index in [-0.39, 0.29) is 0 Å². The van der Waals surface area contributed by atoms with Crippen LogP contribution in [0.5, 0.6) is 0 Å². The molecule has 126 valence electrons. The predicted octanol–water partition coefficient (Wildman–Crippen LogP) is 3.77. The average Bonchev–Trinajstić information content (AvgIpc) is 3.10. The van der Waals surface area contributed by atoms with E-state index in [2.05, 4.69) is 10.4 Å². The summed E-state index contributed by atoms with van der Waals surface area (Å²) in [5, 5.41) is 14.9. The minimum atomic E-state index is -4.72. The first-order chi connectivity index (χ1) is 11.2. The molecule has 2 aromatic heterocycles. The Labute approximate surface area is 143 Å². The summed E-state index contributed by atoms with van der Waals surface area (Å²) in [5.74, 6) is -0.873. The number of alkyl halides is 3. The third kappa shape index (κ3) is 2.65. The Bertz CT molecular complexity index is 878. The Hall–Kier alpha value is -2.05. The maximum absolute atomic E-state index is 12.9. The number of anilines is 1. The highest BCUT2D eigenvalue weighted by Gasteiger charge is 2.40. The van der Waals surface area contributed by atoms with Crippen LogP contribution in [0.25, 0.3) is 0 Å². The van der Waals surface area contributed by atoms with Crippen LogP contribution in [-0.2, 0) is 26.1 Å². The lowest BCUT2D eigenvalue weighted by Gasteiger charge is -2.06. The molecule has 1 aliphatic rings. The quantitative estimate of drug-likeness (QED) is 0.869. The minimum absolute atomic E-state index is 0.322. The molecule has 0 bridgehead atoms. The van der Waals surface area contributed by atoms with E-state index in [0.717, 1.165) is 36.8 Å². The third-order valence-electron chi connectivity index (χ3n) is 3.73. The Balaban J connectivity index is 1.94. The van der Waals surface area contributed by atoms with Crippen molar-refractivity contribution in [2.45, 2.75) is 25.4 Å². The standard InChI is InChI=1S/C14H10ClF3N4OS/c1-22-11(14(16,17)18)9(15)10(21-22)12(23)20-13-7(5-19)6-3-2-4-8(6)24-13/h2-4H2,1H3,(H,20,23). The summed E-state index contributed by atoms with van der Waals surface area (Å²) in [4.78, 5) is 13.3. The maximum atomic E-state index is 12.9. The van der Waals surface area contributed by atoms with Gasteiger partial charge in [0.15, 0.2) is 11.4 Å². The van der Waals surface area contributed by atoms with Crippen molar-refractivity contribution in [3.8, 4) is 6.07 Å². The number of aryl methyl sites for hydroxylation is 2. The first-order valence-electron chi connectivity index (χ1n) is 6.89. The summed E-state index contributed by atoms with van der Waals surface area (Å²) in [7, 11) is 1.06. The second-order valence-corrected chi connectivity index (χ2v) is 6.74. The number of nitrogens with one attached hydrogen (secondary N) is 1. The van der Waals surface area contributed by atoms with E-state index in [1.54, 1.807) is 0 Å². The molecule has 1 N–H and O–H groups in total. The van der Waals surface area contributed by atoms with Gasteiger partial charge in [-0.25, -0.2) is 0 Å². The molecular formula is C14H10ClF3N4OS. The topological polar surface area (TPSA) is 70.7 Å². The lowest BCUT2D eigenvalue weighted by atomic mass is 10.1. The molecule has 0 aromatic carbocycles. The Morgan fingerprint density at radius 2 is 2.17 bits per heavy atom. The normalized spacial score (nSPS) is 13.7. The van der Waals surface area contributed by atoms with E-state index in [9.17, 15) is 23.2 Å². The van der Waals surface area contributed by atoms with Crippen LogP contribution in [0.1, 0.15) is 38.6 Å². The molecule has 3 rings (SSSR count). The summed E-state index contributed by atoms with van der Waals surface area (Å²) in [6, 6.07) is 2.05.